The van der Waals surface area contributed by atoms with Crippen LogP contribution in [0.25, 0.3) is 0 Å². The highest BCUT2D eigenvalue weighted by atomic mass is 32.2. The predicted octanol–water partition coefficient (Wildman–Crippen LogP) is 3.62. The molecule has 1 aliphatic rings. The molecule has 0 aromatic heterocycles. The largest absolute Gasteiger partial charge is 0.321 e. The van der Waals surface area contributed by atoms with Crippen LogP contribution in [0.2, 0.25) is 0 Å². The van der Waals surface area contributed by atoms with Crippen LogP contribution in [0, 0.1) is 19.8 Å². The number of anilines is 2. The second-order valence-electron chi connectivity index (χ2n) is 8.33. The highest BCUT2D eigenvalue weighted by Gasteiger charge is 2.41. The van der Waals surface area contributed by atoms with Gasteiger partial charge in [0.1, 0.15) is 11.6 Å². The zero-order valence-corrected chi connectivity index (χ0v) is 20.8. The van der Waals surface area contributed by atoms with Crippen LogP contribution in [0.1, 0.15) is 18.1 Å². The molecule has 3 aromatic rings. The number of para-hydroxylation sites is 2. The molecule has 0 saturated heterocycles. The summed E-state index contributed by atoms with van der Waals surface area (Å²) in [6, 6.07) is 22.0. The Hall–Kier alpha value is -4.31. The maximum atomic E-state index is 13.4. The summed E-state index contributed by atoms with van der Waals surface area (Å²) in [4.78, 5) is 28.9. The number of hydrogen-bond acceptors (Lipinski definition) is 6. The average Bonchev–Trinajstić information content (AvgIpc) is 3.15. The fourth-order valence-electron chi connectivity index (χ4n) is 3.66. The number of nitrogens with zero attached hydrogens (tertiary/aromatic N) is 3. The molecule has 10 heteroatoms. The molecule has 0 bridgehead atoms. The van der Waals surface area contributed by atoms with Crippen molar-refractivity contribution in [1.82, 2.24) is 4.83 Å². The molecule has 3 aromatic carbocycles. The quantitative estimate of drug-likeness (QED) is 0.378. The van der Waals surface area contributed by atoms with E-state index in [-0.39, 0.29) is 10.6 Å². The molecule has 0 spiro atoms. The molecule has 1 aliphatic heterocycles. The van der Waals surface area contributed by atoms with Gasteiger partial charge in [0.25, 0.3) is 21.8 Å². The van der Waals surface area contributed by atoms with Crippen LogP contribution >= 0.6 is 0 Å². The van der Waals surface area contributed by atoms with Gasteiger partial charge < -0.3 is 5.32 Å². The number of benzene rings is 3. The maximum absolute atomic E-state index is 13.4. The fourth-order valence-corrected chi connectivity index (χ4v) is 4.48. The van der Waals surface area contributed by atoms with Crippen LogP contribution < -0.4 is 15.2 Å². The first kappa shape index (κ1) is 24.8. The third kappa shape index (κ3) is 5.18. The summed E-state index contributed by atoms with van der Waals surface area (Å²) >= 11 is 0. The molecule has 0 fully saturated rings. The molecule has 0 radical (unpaired) electrons. The summed E-state index contributed by atoms with van der Waals surface area (Å²) in [5.41, 5.74) is 2.69. The molecule has 184 valence electrons. The van der Waals surface area contributed by atoms with E-state index in [9.17, 15) is 18.0 Å². The molecule has 2 amide bonds. The maximum Gasteiger partial charge on any atom is 0.276 e. The lowest BCUT2D eigenvalue weighted by Crippen LogP contribution is -2.40. The third-order valence-electron chi connectivity index (χ3n) is 5.65. The fraction of sp³-hybridized carbons (Fsp3) is 0.154. The first-order valence-corrected chi connectivity index (χ1v) is 12.6. The van der Waals surface area contributed by atoms with E-state index in [1.165, 1.54) is 17.1 Å². The lowest BCUT2D eigenvalue weighted by Gasteiger charge is -2.17. The van der Waals surface area contributed by atoms with Crippen molar-refractivity contribution in [3.8, 4) is 0 Å². The standard InChI is InChI=1S/C26H25N5O4S/c1-17-13-15-21(16-14-17)36(34,35)30-28-24(25(32)27-22-12-8-7-9-18(22)2)23-19(3)29-31(26(23)33)20-10-5-4-6-11-20/h4-16,23,30H,1-3H3,(H,27,32)/b28-24-/t23-/m1/s1. The van der Waals surface area contributed by atoms with Gasteiger partial charge in [-0.1, -0.05) is 54.1 Å². The van der Waals surface area contributed by atoms with Crippen LogP contribution in [0.5, 0.6) is 0 Å². The lowest BCUT2D eigenvalue weighted by atomic mass is 9.97. The minimum atomic E-state index is -4.10. The van der Waals surface area contributed by atoms with Gasteiger partial charge in [0.2, 0.25) is 0 Å². The molecule has 0 unspecified atom stereocenters. The SMILES string of the molecule is CC1=NN(c2ccccc2)C(=O)[C@H]1/C(=N/NS(=O)(=O)c1ccc(C)cc1)C(=O)Nc1ccccc1C. The average molecular weight is 504 g/mol. The van der Waals surface area contributed by atoms with E-state index in [0.29, 0.717) is 17.1 Å². The number of aryl methyl sites for hydroxylation is 2. The van der Waals surface area contributed by atoms with Gasteiger partial charge in [-0.3, -0.25) is 9.59 Å². The van der Waals surface area contributed by atoms with Gasteiger partial charge in [-0.25, -0.2) is 0 Å². The van der Waals surface area contributed by atoms with Crippen LogP contribution in [0.15, 0.2) is 94.0 Å². The molecule has 36 heavy (non-hydrogen) atoms. The number of amides is 2. The summed E-state index contributed by atoms with van der Waals surface area (Å²) in [5.74, 6) is -2.43. The van der Waals surface area contributed by atoms with E-state index < -0.39 is 27.8 Å². The number of carbonyl (C=O) groups is 2. The Labute approximate surface area is 209 Å². The first-order valence-electron chi connectivity index (χ1n) is 11.1. The molecule has 0 aliphatic carbocycles. The van der Waals surface area contributed by atoms with E-state index in [1.807, 2.05) is 26.0 Å². The molecular formula is C26H25N5O4S. The van der Waals surface area contributed by atoms with Crippen molar-refractivity contribution in [2.24, 2.45) is 16.1 Å². The molecule has 1 atom stereocenters. The second kappa shape index (κ2) is 10.1. The number of hydrazone groups is 2. The highest BCUT2D eigenvalue weighted by molar-refractivity contribution is 7.89. The minimum Gasteiger partial charge on any atom is -0.321 e. The van der Waals surface area contributed by atoms with Gasteiger partial charge in [0.15, 0.2) is 0 Å². The van der Waals surface area contributed by atoms with Crippen molar-refractivity contribution < 1.29 is 18.0 Å². The van der Waals surface area contributed by atoms with E-state index in [0.717, 1.165) is 11.1 Å². The zero-order chi connectivity index (χ0) is 25.9. The van der Waals surface area contributed by atoms with E-state index >= 15 is 0 Å². The number of sulfonamides is 1. The summed E-state index contributed by atoms with van der Waals surface area (Å²) in [5, 5.41) is 12.2. The Balaban J connectivity index is 1.70. The minimum absolute atomic E-state index is 0.0236. The summed E-state index contributed by atoms with van der Waals surface area (Å²) in [6.07, 6.45) is 0. The number of rotatable bonds is 7. The molecule has 1 heterocycles. The summed E-state index contributed by atoms with van der Waals surface area (Å²) in [7, 11) is -4.10. The molecule has 2 N–H and O–H groups in total. The number of nitrogens with one attached hydrogen (secondary N) is 2. The van der Waals surface area contributed by atoms with Crippen LogP contribution in [-0.4, -0.2) is 31.7 Å². The number of carbonyl (C=O) groups excluding carboxylic acids is 2. The smallest absolute Gasteiger partial charge is 0.276 e. The predicted molar refractivity (Wildman–Crippen MR) is 139 cm³/mol. The van der Waals surface area contributed by atoms with Gasteiger partial charge >= 0.3 is 0 Å². The second-order valence-corrected chi connectivity index (χ2v) is 9.99. The van der Waals surface area contributed by atoms with Crippen molar-refractivity contribution in [3.05, 3.63) is 90.0 Å². The van der Waals surface area contributed by atoms with Gasteiger partial charge in [-0.15, -0.1) is 0 Å². The van der Waals surface area contributed by atoms with Crippen molar-refractivity contribution in [3.63, 3.8) is 0 Å². The van der Waals surface area contributed by atoms with Crippen LogP contribution in [0.4, 0.5) is 11.4 Å². The third-order valence-corrected chi connectivity index (χ3v) is 6.87. The normalized spacial score (nSPS) is 16.0. The Morgan fingerprint density at radius 3 is 2.22 bits per heavy atom. The van der Waals surface area contributed by atoms with E-state index in [2.05, 4.69) is 20.4 Å². The molecular weight excluding hydrogens is 478 g/mol. The van der Waals surface area contributed by atoms with Crippen molar-refractivity contribution in [2.75, 3.05) is 10.3 Å². The summed E-state index contributed by atoms with van der Waals surface area (Å²) < 4.78 is 25.7. The molecule has 0 saturated carbocycles. The zero-order valence-electron chi connectivity index (χ0n) is 20.0. The Morgan fingerprint density at radius 2 is 1.56 bits per heavy atom. The molecule has 9 nitrogen and oxygen atoms in total. The van der Waals surface area contributed by atoms with Crippen molar-refractivity contribution in [2.45, 2.75) is 25.7 Å². The first-order chi connectivity index (χ1) is 17.2. The van der Waals surface area contributed by atoms with Gasteiger partial charge in [0, 0.05) is 5.69 Å². The van der Waals surface area contributed by atoms with Gasteiger partial charge in [0.05, 0.1) is 16.3 Å². The van der Waals surface area contributed by atoms with E-state index in [4.69, 9.17) is 0 Å². The Morgan fingerprint density at radius 1 is 0.917 bits per heavy atom. The number of hydrogen-bond donors (Lipinski definition) is 2. The van der Waals surface area contributed by atoms with Crippen molar-refractivity contribution >= 4 is 44.6 Å². The van der Waals surface area contributed by atoms with Gasteiger partial charge in [-0.2, -0.15) is 28.5 Å². The van der Waals surface area contributed by atoms with Crippen molar-refractivity contribution in [1.29, 1.82) is 0 Å². The monoisotopic (exact) mass is 503 g/mol. The van der Waals surface area contributed by atoms with E-state index in [1.54, 1.807) is 61.5 Å². The lowest BCUT2D eigenvalue weighted by molar-refractivity contribution is -0.119. The summed E-state index contributed by atoms with van der Waals surface area (Å²) in [6.45, 7) is 5.25. The Kier molecular flexibility index (Phi) is 6.98. The molecule has 4 rings (SSSR count). The highest BCUT2D eigenvalue weighted by Crippen LogP contribution is 2.25. The van der Waals surface area contributed by atoms with Crippen LogP contribution in [-0.2, 0) is 19.6 Å². The van der Waals surface area contributed by atoms with Crippen LogP contribution in [0.3, 0.4) is 0 Å². The topological polar surface area (TPSA) is 120 Å². The Bertz CT molecular complexity index is 1470. The van der Waals surface area contributed by atoms with Gasteiger partial charge in [-0.05, 0) is 56.7 Å².